The molecule has 102 valence electrons. The first-order chi connectivity index (χ1) is 9.20. The van der Waals surface area contributed by atoms with Crippen LogP contribution in [0.4, 0.5) is 0 Å². The molecule has 0 fully saturated rings. The fraction of sp³-hybridized carbons (Fsp3) is 0.471. The van der Waals surface area contributed by atoms with E-state index >= 15 is 0 Å². The van der Waals surface area contributed by atoms with E-state index in [0.29, 0.717) is 0 Å². The van der Waals surface area contributed by atoms with Crippen LogP contribution < -0.4 is 0 Å². The predicted molar refractivity (Wildman–Crippen MR) is 77.4 cm³/mol. The van der Waals surface area contributed by atoms with Crippen molar-refractivity contribution >= 4 is 5.97 Å². The number of carboxylic acids is 1. The minimum atomic E-state index is -0.652. The van der Waals surface area contributed by atoms with E-state index in [0.717, 1.165) is 50.5 Å². The molecule has 0 amide bonds. The van der Waals surface area contributed by atoms with E-state index in [1.54, 1.807) is 0 Å². The lowest BCUT2D eigenvalue weighted by atomic mass is 9.77. The van der Waals surface area contributed by atoms with Gasteiger partial charge in [-0.2, -0.15) is 0 Å². The van der Waals surface area contributed by atoms with Crippen molar-refractivity contribution in [1.29, 1.82) is 0 Å². The molecule has 1 aromatic rings. The van der Waals surface area contributed by atoms with E-state index in [9.17, 15) is 9.90 Å². The van der Waals surface area contributed by atoms with E-state index < -0.39 is 11.4 Å². The van der Waals surface area contributed by atoms with Gasteiger partial charge in [0.25, 0.3) is 0 Å². The molecule has 1 unspecified atom stereocenters. The first kappa shape index (κ1) is 13.9. The van der Waals surface area contributed by atoms with E-state index in [1.807, 2.05) is 24.3 Å². The van der Waals surface area contributed by atoms with Crippen molar-refractivity contribution in [3.8, 4) is 0 Å². The fourth-order valence-electron chi connectivity index (χ4n) is 3.17. The third kappa shape index (κ3) is 2.73. The summed E-state index contributed by atoms with van der Waals surface area (Å²) in [5.74, 6) is -0.652. The molecule has 1 N–H and O–H groups in total. The maximum atomic E-state index is 11.8. The molecule has 19 heavy (non-hydrogen) atoms. The Morgan fingerprint density at radius 2 is 2.11 bits per heavy atom. The van der Waals surface area contributed by atoms with Gasteiger partial charge in [0.2, 0.25) is 0 Å². The molecule has 1 aliphatic rings. The van der Waals surface area contributed by atoms with Crippen LogP contribution in [0.15, 0.2) is 36.9 Å². The number of unbranched alkanes of at least 4 members (excludes halogenated alkanes) is 3. The van der Waals surface area contributed by atoms with Crippen LogP contribution in [0.5, 0.6) is 0 Å². The number of carbonyl (C=O) groups is 1. The molecule has 1 aliphatic carbocycles. The second-order valence-corrected chi connectivity index (χ2v) is 5.43. The Hall–Kier alpha value is -1.57. The van der Waals surface area contributed by atoms with E-state index in [2.05, 4.69) is 12.6 Å². The summed E-state index contributed by atoms with van der Waals surface area (Å²) in [6.07, 6.45) is 8.54. The van der Waals surface area contributed by atoms with Crippen LogP contribution in [0, 0.1) is 0 Å². The normalized spacial score (nSPS) is 21.1. The minimum Gasteiger partial charge on any atom is -0.481 e. The van der Waals surface area contributed by atoms with Gasteiger partial charge in [-0.05, 0) is 43.2 Å². The lowest BCUT2D eigenvalue weighted by Crippen LogP contribution is -2.33. The highest BCUT2D eigenvalue weighted by atomic mass is 16.4. The van der Waals surface area contributed by atoms with E-state index in [-0.39, 0.29) is 0 Å². The van der Waals surface area contributed by atoms with E-state index in [4.69, 9.17) is 0 Å². The predicted octanol–water partition coefficient (Wildman–Crippen LogP) is 4.09. The number of hydrogen-bond acceptors (Lipinski definition) is 1. The minimum absolute atomic E-state index is 0.634. The van der Waals surface area contributed by atoms with Crippen molar-refractivity contribution < 1.29 is 9.90 Å². The van der Waals surface area contributed by atoms with Crippen LogP contribution >= 0.6 is 0 Å². The summed E-state index contributed by atoms with van der Waals surface area (Å²) in [6.45, 7) is 3.71. The molecule has 0 heterocycles. The van der Waals surface area contributed by atoms with Crippen LogP contribution in [0.3, 0.4) is 0 Å². The zero-order valence-electron chi connectivity index (χ0n) is 11.4. The Morgan fingerprint density at radius 1 is 1.32 bits per heavy atom. The first-order valence-corrected chi connectivity index (χ1v) is 7.13. The third-order valence-corrected chi connectivity index (χ3v) is 4.28. The number of aliphatic carboxylic acids is 1. The summed E-state index contributed by atoms with van der Waals surface area (Å²) in [6, 6.07) is 8.03. The van der Waals surface area contributed by atoms with Crippen molar-refractivity contribution in [2.75, 3.05) is 0 Å². The van der Waals surface area contributed by atoms with Gasteiger partial charge >= 0.3 is 5.97 Å². The Morgan fingerprint density at radius 3 is 2.84 bits per heavy atom. The molecule has 0 saturated heterocycles. The Labute approximate surface area is 115 Å². The van der Waals surface area contributed by atoms with Crippen LogP contribution in [0.25, 0.3) is 0 Å². The maximum Gasteiger partial charge on any atom is 0.314 e. The molecule has 0 saturated carbocycles. The van der Waals surface area contributed by atoms with Gasteiger partial charge in [-0.15, -0.1) is 6.58 Å². The lowest BCUT2D eigenvalue weighted by Gasteiger charge is -2.25. The number of benzene rings is 1. The molecule has 0 bridgehead atoms. The average molecular weight is 258 g/mol. The average Bonchev–Trinajstić information content (AvgIpc) is 2.79. The Kier molecular flexibility index (Phi) is 4.41. The van der Waals surface area contributed by atoms with Crippen LogP contribution in [-0.2, 0) is 16.6 Å². The molecule has 0 radical (unpaired) electrons. The van der Waals surface area contributed by atoms with Gasteiger partial charge in [0.05, 0.1) is 5.41 Å². The summed E-state index contributed by atoms with van der Waals surface area (Å²) in [5, 5.41) is 9.70. The highest BCUT2D eigenvalue weighted by Gasteiger charge is 2.44. The topological polar surface area (TPSA) is 37.3 Å². The fourth-order valence-corrected chi connectivity index (χ4v) is 3.17. The molecule has 1 atom stereocenters. The molecule has 2 heteroatoms. The number of fused-ring (bicyclic) bond motifs is 1. The molecular weight excluding hydrogens is 236 g/mol. The maximum absolute atomic E-state index is 11.8. The van der Waals surface area contributed by atoms with Crippen molar-refractivity contribution in [2.24, 2.45) is 0 Å². The van der Waals surface area contributed by atoms with Crippen LogP contribution in [0.1, 0.15) is 49.7 Å². The second-order valence-electron chi connectivity index (χ2n) is 5.43. The summed E-state index contributed by atoms with van der Waals surface area (Å²) in [7, 11) is 0. The summed E-state index contributed by atoms with van der Waals surface area (Å²) in [4.78, 5) is 11.8. The quantitative estimate of drug-likeness (QED) is 0.590. The smallest absolute Gasteiger partial charge is 0.314 e. The van der Waals surface area contributed by atoms with Gasteiger partial charge in [-0.25, -0.2) is 0 Å². The monoisotopic (exact) mass is 258 g/mol. The molecule has 2 rings (SSSR count). The van der Waals surface area contributed by atoms with Crippen molar-refractivity contribution in [3.05, 3.63) is 48.0 Å². The number of allylic oxidation sites excluding steroid dienone is 1. The number of carboxylic acid groups (broad SMARTS) is 1. The van der Waals surface area contributed by atoms with Crippen molar-refractivity contribution in [2.45, 2.75) is 50.4 Å². The summed E-state index contributed by atoms with van der Waals surface area (Å²) < 4.78 is 0. The number of hydrogen-bond donors (Lipinski definition) is 1. The van der Waals surface area contributed by atoms with E-state index in [1.165, 1.54) is 5.56 Å². The Balaban J connectivity index is 2.08. The largest absolute Gasteiger partial charge is 0.481 e. The molecule has 0 aromatic heterocycles. The van der Waals surface area contributed by atoms with Crippen LogP contribution in [0.2, 0.25) is 0 Å². The van der Waals surface area contributed by atoms with Gasteiger partial charge in [0.1, 0.15) is 0 Å². The van der Waals surface area contributed by atoms with Gasteiger partial charge < -0.3 is 5.11 Å². The highest BCUT2D eigenvalue weighted by Crippen LogP contribution is 2.43. The molecule has 2 nitrogen and oxygen atoms in total. The zero-order chi connectivity index (χ0) is 13.7. The molecule has 0 aliphatic heterocycles. The first-order valence-electron chi connectivity index (χ1n) is 7.13. The standard InChI is InChI=1S/C17H22O2/c1-2-3-4-5-8-12-17(16(18)19)13-11-14-9-6-7-10-15(14)17/h2,6-7,9-10H,1,3-5,8,11-13H2,(H,18,19). The van der Waals surface area contributed by atoms with Gasteiger partial charge in [-0.3, -0.25) is 4.79 Å². The van der Waals surface area contributed by atoms with Gasteiger partial charge in [-0.1, -0.05) is 43.2 Å². The van der Waals surface area contributed by atoms with Gasteiger partial charge in [0, 0.05) is 0 Å². The van der Waals surface area contributed by atoms with Gasteiger partial charge in [0.15, 0.2) is 0 Å². The van der Waals surface area contributed by atoms with Crippen molar-refractivity contribution in [3.63, 3.8) is 0 Å². The zero-order valence-corrected chi connectivity index (χ0v) is 11.4. The third-order valence-electron chi connectivity index (χ3n) is 4.28. The SMILES string of the molecule is C=CCCCCCC1(C(=O)O)CCc2ccccc21. The molecular formula is C17H22O2. The summed E-state index contributed by atoms with van der Waals surface area (Å²) >= 11 is 0. The lowest BCUT2D eigenvalue weighted by molar-refractivity contribution is -0.144. The molecule has 0 spiro atoms. The summed E-state index contributed by atoms with van der Waals surface area (Å²) in [5.41, 5.74) is 1.63. The Bertz CT molecular complexity index is 464. The van der Waals surface area contributed by atoms with Crippen LogP contribution in [-0.4, -0.2) is 11.1 Å². The number of rotatable bonds is 7. The number of aryl methyl sites for hydroxylation is 1. The second kappa shape index (κ2) is 6.05. The highest BCUT2D eigenvalue weighted by molar-refractivity contribution is 5.83. The molecule has 1 aromatic carbocycles. The van der Waals surface area contributed by atoms with Crippen molar-refractivity contribution in [1.82, 2.24) is 0 Å².